The first kappa shape index (κ1) is 14.4. The summed E-state index contributed by atoms with van der Waals surface area (Å²) in [5.74, 6) is -0.335. The van der Waals surface area contributed by atoms with Gasteiger partial charge in [-0.25, -0.2) is 0 Å². The molecule has 0 aliphatic carbocycles. The molecule has 0 spiro atoms. The number of hydrogen-bond acceptors (Lipinski definition) is 3. The highest BCUT2D eigenvalue weighted by Crippen LogP contribution is 2.20. The van der Waals surface area contributed by atoms with Gasteiger partial charge < -0.3 is 15.4 Å². The normalized spacial score (nSPS) is 12.3. The molecule has 1 unspecified atom stereocenters. The molecule has 5 nitrogen and oxygen atoms in total. The van der Waals surface area contributed by atoms with Crippen LogP contribution in [0, 0.1) is 6.92 Å². The molecule has 0 saturated heterocycles. The number of aliphatic hydroxyl groups is 1. The smallest absolute Gasteiger partial charge is 0.268 e. The van der Waals surface area contributed by atoms with Gasteiger partial charge in [-0.15, -0.1) is 0 Å². The SMILES string of the molecule is CCc1c(C(=O)NCC(C)O)[nH]c(C)c1C(C)=O. The average Bonchev–Trinajstić information content (AvgIpc) is 2.62. The van der Waals surface area contributed by atoms with Crippen molar-refractivity contribution in [3.8, 4) is 0 Å². The summed E-state index contributed by atoms with van der Waals surface area (Å²) < 4.78 is 0. The molecule has 1 atom stereocenters. The van der Waals surface area contributed by atoms with Crippen LogP contribution in [-0.2, 0) is 6.42 Å². The number of aliphatic hydroxyl groups excluding tert-OH is 1. The number of aryl methyl sites for hydroxylation is 1. The van der Waals surface area contributed by atoms with Gasteiger partial charge in [-0.3, -0.25) is 9.59 Å². The Morgan fingerprint density at radius 1 is 1.44 bits per heavy atom. The van der Waals surface area contributed by atoms with Crippen LogP contribution in [0.3, 0.4) is 0 Å². The highest BCUT2D eigenvalue weighted by atomic mass is 16.3. The van der Waals surface area contributed by atoms with Crippen LogP contribution in [0.25, 0.3) is 0 Å². The van der Waals surface area contributed by atoms with E-state index < -0.39 is 6.10 Å². The third kappa shape index (κ3) is 2.98. The monoisotopic (exact) mass is 252 g/mol. The summed E-state index contributed by atoms with van der Waals surface area (Å²) in [4.78, 5) is 26.5. The topological polar surface area (TPSA) is 82.2 Å². The van der Waals surface area contributed by atoms with Gasteiger partial charge in [-0.05, 0) is 32.8 Å². The van der Waals surface area contributed by atoms with E-state index in [2.05, 4.69) is 10.3 Å². The van der Waals surface area contributed by atoms with Gasteiger partial charge >= 0.3 is 0 Å². The maximum atomic E-state index is 12.0. The summed E-state index contributed by atoms with van der Waals surface area (Å²) >= 11 is 0. The quantitative estimate of drug-likeness (QED) is 0.689. The molecule has 0 fully saturated rings. The molecule has 1 aromatic rings. The molecule has 1 rings (SSSR count). The molecule has 5 heteroatoms. The summed E-state index contributed by atoms with van der Waals surface area (Å²) in [6, 6.07) is 0. The third-order valence-corrected chi connectivity index (χ3v) is 2.78. The Labute approximate surface area is 107 Å². The van der Waals surface area contributed by atoms with Crippen molar-refractivity contribution in [2.75, 3.05) is 6.54 Å². The van der Waals surface area contributed by atoms with Gasteiger partial charge in [-0.2, -0.15) is 0 Å². The molecule has 100 valence electrons. The Kier molecular flexibility index (Phi) is 4.67. The summed E-state index contributed by atoms with van der Waals surface area (Å²) in [5, 5.41) is 11.8. The van der Waals surface area contributed by atoms with Crippen molar-refractivity contribution in [2.45, 2.75) is 40.2 Å². The molecule has 18 heavy (non-hydrogen) atoms. The van der Waals surface area contributed by atoms with Crippen LogP contribution in [0.2, 0.25) is 0 Å². The van der Waals surface area contributed by atoms with Crippen molar-refractivity contribution in [1.29, 1.82) is 0 Å². The van der Waals surface area contributed by atoms with Gasteiger partial charge in [-0.1, -0.05) is 6.92 Å². The van der Waals surface area contributed by atoms with E-state index in [-0.39, 0.29) is 18.2 Å². The summed E-state index contributed by atoms with van der Waals surface area (Å²) in [6.45, 7) is 6.96. The van der Waals surface area contributed by atoms with Crippen molar-refractivity contribution < 1.29 is 14.7 Å². The first-order valence-corrected chi connectivity index (χ1v) is 6.07. The standard InChI is InChI=1S/C13H20N2O3/c1-5-10-11(9(4)17)8(3)15-12(10)13(18)14-6-7(2)16/h7,15-16H,5-6H2,1-4H3,(H,14,18). The van der Waals surface area contributed by atoms with E-state index in [0.29, 0.717) is 23.4 Å². The molecule has 0 aliphatic heterocycles. The van der Waals surface area contributed by atoms with Gasteiger partial charge in [0.05, 0.1) is 6.10 Å². The van der Waals surface area contributed by atoms with Crippen LogP contribution in [0.1, 0.15) is 52.9 Å². The Bertz CT molecular complexity index is 461. The van der Waals surface area contributed by atoms with Crippen LogP contribution in [0.4, 0.5) is 0 Å². The van der Waals surface area contributed by atoms with Crippen molar-refractivity contribution in [2.24, 2.45) is 0 Å². The molecule has 0 radical (unpaired) electrons. The second kappa shape index (κ2) is 5.82. The third-order valence-electron chi connectivity index (χ3n) is 2.78. The number of carbonyl (C=O) groups excluding carboxylic acids is 2. The van der Waals surface area contributed by atoms with Crippen LogP contribution in [0.5, 0.6) is 0 Å². The lowest BCUT2D eigenvalue weighted by atomic mass is 10.0. The average molecular weight is 252 g/mol. The van der Waals surface area contributed by atoms with Crippen LogP contribution < -0.4 is 5.32 Å². The second-order valence-electron chi connectivity index (χ2n) is 4.45. The molecule has 1 aromatic heterocycles. The highest BCUT2D eigenvalue weighted by molar-refractivity contribution is 6.02. The van der Waals surface area contributed by atoms with E-state index in [1.54, 1.807) is 13.8 Å². The number of carbonyl (C=O) groups is 2. The first-order chi connectivity index (χ1) is 8.38. The molecule has 0 bridgehead atoms. The number of nitrogens with one attached hydrogen (secondary N) is 2. The number of aromatic nitrogens is 1. The van der Waals surface area contributed by atoms with Gasteiger partial charge in [0.25, 0.3) is 5.91 Å². The lowest BCUT2D eigenvalue weighted by Gasteiger charge is -2.07. The van der Waals surface area contributed by atoms with E-state index in [1.807, 2.05) is 6.92 Å². The van der Waals surface area contributed by atoms with Crippen molar-refractivity contribution in [3.05, 3.63) is 22.5 Å². The summed E-state index contributed by atoms with van der Waals surface area (Å²) in [6.07, 6.45) is 0.0128. The zero-order valence-electron chi connectivity index (χ0n) is 11.3. The number of ketones is 1. The lowest BCUT2D eigenvalue weighted by molar-refractivity contribution is 0.0918. The molecule has 0 aliphatic rings. The van der Waals surface area contributed by atoms with Gasteiger partial charge in [0.1, 0.15) is 5.69 Å². The molecule has 0 aromatic carbocycles. The predicted molar refractivity (Wildman–Crippen MR) is 68.9 cm³/mol. The Hall–Kier alpha value is -1.62. The maximum Gasteiger partial charge on any atom is 0.268 e. The molecule has 1 heterocycles. The van der Waals surface area contributed by atoms with E-state index in [9.17, 15) is 9.59 Å². The fourth-order valence-electron chi connectivity index (χ4n) is 2.03. The van der Waals surface area contributed by atoms with Gasteiger partial charge in [0.2, 0.25) is 0 Å². The maximum absolute atomic E-state index is 12.0. The van der Waals surface area contributed by atoms with Crippen molar-refractivity contribution in [1.82, 2.24) is 10.3 Å². The summed E-state index contributed by atoms with van der Waals surface area (Å²) in [7, 11) is 0. The number of amides is 1. The minimum Gasteiger partial charge on any atom is -0.392 e. The summed E-state index contributed by atoms with van der Waals surface area (Å²) in [5.41, 5.74) is 2.46. The molecular formula is C13H20N2O3. The fraction of sp³-hybridized carbons (Fsp3) is 0.538. The van der Waals surface area contributed by atoms with Crippen LogP contribution >= 0.6 is 0 Å². The minimum absolute atomic E-state index is 0.0461. The molecule has 3 N–H and O–H groups in total. The Morgan fingerprint density at radius 2 is 2.06 bits per heavy atom. The van der Waals surface area contributed by atoms with Crippen LogP contribution in [0.15, 0.2) is 0 Å². The molecular weight excluding hydrogens is 232 g/mol. The number of aromatic amines is 1. The van der Waals surface area contributed by atoms with Crippen LogP contribution in [-0.4, -0.2) is 34.4 Å². The van der Waals surface area contributed by atoms with Gasteiger partial charge in [0.15, 0.2) is 5.78 Å². The first-order valence-electron chi connectivity index (χ1n) is 6.07. The van der Waals surface area contributed by atoms with E-state index >= 15 is 0 Å². The fourth-order valence-corrected chi connectivity index (χ4v) is 2.03. The number of rotatable bonds is 5. The van der Waals surface area contributed by atoms with Gasteiger partial charge in [0, 0.05) is 17.8 Å². The second-order valence-corrected chi connectivity index (χ2v) is 4.45. The van der Waals surface area contributed by atoms with E-state index in [1.165, 1.54) is 6.92 Å². The Balaban J connectivity index is 3.06. The van der Waals surface area contributed by atoms with E-state index in [4.69, 9.17) is 5.11 Å². The number of H-pyrrole nitrogens is 1. The zero-order valence-corrected chi connectivity index (χ0v) is 11.3. The predicted octanol–water partition coefficient (Wildman–Crippen LogP) is 1.20. The lowest BCUT2D eigenvalue weighted by Crippen LogP contribution is -2.31. The number of Topliss-reactive ketones (excluding diaryl/α,β-unsaturated/α-hetero) is 1. The molecule has 0 saturated carbocycles. The van der Waals surface area contributed by atoms with E-state index in [0.717, 1.165) is 5.56 Å². The molecule has 1 amide bonds. The van der Waals surface area contributed by atoms with Crippen molar-refractivity contribution in [3.63, 3.8) is 0 Å². The van der Waals surface area contributed by atoms with Crippen molar-refractivity contribution >= 4 is 11.7 Å². The zero-order chi connectivity index (χ0) is 13.9. The minimum atomic E-state index is -0.595. The Morgan fingerprint density at radius 3 is 2.50 bits per heavy atom. The number of hydrogen-bond donors (Lipinski definition) is 3. The highest BCUT2D eigenvalue weighted by Gasteiger charge is 2.21. The largest absolute Gasteiger partial charge is 0.392 e.